The van der Waals surface area contributed by atoms with Gasteiger partial charge in [0.25, 0.3) is 0 Å². The molecule has 0 heterocycles. The molecule has 0 amide bonds. The summed E-state index contributed by atoms with van der Waals surface area (Å²) < 4.78 is 12.9. The average molecular weight is 254 g/mol. The number of nitrogens with zero attached hydrogens (tertiary/aromatic N) is 1. The van der Waals surface area contributed by atoms with Gasteiger partial charge in [-0.2, -0.15) is 5.26 Å². The summed E-state index contributed by atoms with van der Waals surface area (Å²) in [7, 11) is 0. The molecule has 2 aromatic carbocycles. The summed E-state index contributed by atoms with van der Waals surface area (Å²) in [6.45, 7) is 3.99. The van der Waals surface area contributed by atoms with E-state index in [1.807, 2.05) is 26.0 Å². The number of hydrogen-bond acceptors (Lipinski definition) is 2. The van der Waals surface area contributed by atoms with E-state index in [-0.39, 0.29) is 11.9 Å². The predicted molar refractivity (Wildman–Crippen MR) is 74.3 cm³/mol. The van der Waals surface area contributed by atoms with E-state index >= 15 is 0 Å². The maximum absolute atomic E-state index is 12.9. The summed E-state index contributed by atoms with van der Waals surface area (Å²) in [5.41, 5.74) is 3.63. The van der Waals surface area contributed by atoms with Gasteiger partial charge < -0.3 is 5.32 Å². The molecule has 19 heavy (non-hydrogen) atoms. The zero-order valence-electron chi connectivity index (χ0n) is 10.9. The van der Waals surface area contributed by atoms with Crippen molar-refractivity contribution in [2.75, 3.05) is 5.32 Å². The van der Waals surface area contributed by atoms with Gasteiger partial charge in [0.05, 0.1) is 11.6 Å². The van der Waals surface area contributed by atoms with E-state index in [1.54, 1.807) is 18.2 Å². The highest BCUT2D eigenvalue weighted by Gasteiger charge is 2.07. The van der Waals surface area contributed by atoms with Crippen molar-refractivity contribution in [2.24, 2.45) is 0 Å². The Morgan fingerprint density at radius 3 is 2.47 bits per heavy atom. The predicted octanol–water partition coefficient (Wildman–Crippen LogP) is 4.18. The first kappa shape index (κ1) is 13.1. The van der Waals surface area contributed by atoms with Gasteiger partial charge in [-0.1, -0.05) is 18.2 Å². The van der Waals surface area contributed by atoms with Crippen molar-refractivity contribution in [2.45, 2.75) is 19.9 Å². The Morgan fingerprint density at radius 2 is 1.84 bits per heavy atom. The first-order valence-electron chi connectivity index (χ1n) is 6.13. The second kappa shape index (κ2) is 5.53. The smallest absolute Gasteiger partial charge is 0.123 e. The fourth-order valence-corrected chi connectivity index (χ4v) is 1.92. The Kier molecular flexibility index (Phi) is 3.82. The summed E-state index contributed by atoms with van der Waals surface area (Å²) >= 11 is 0. The molecule has 0 radical (unpaired) electrons. The Bertz CT molecular complexity index is 612. The van der Waals surface area contributed by atoms with E-state index < -0.39 is 0 Å². The topological polar surface area (TPSA) is 35.8 Å². The van der Waals surface area contributed by atoms with Gasteiger partial charge in [0.15, 0.2) is 0 Å². The van der Waals surface area contributed by atoms with Crippen molar-refractivity contribution in [3.05, 3.63) is 65.0 Å². The normalized spacial score (nSPS) is 11.7. The molecule has 0 aliphatic heterocycles. The fraction of sp³-hybridized carbons (Fsp3) is 0.188. The van der Waals surface area contributed by atoms with Gasteiger partial charge in [0.1, 0.15) is 5.82 Å². The third-order valence-corrected chi connectivity index (χ3v) is 3.11. The van der Waals surface area contributed by atoms with E-state index in [1.165, 1.54) is 12.1 Å². The van der Waals surface area contributed by atoms with Gasteiger partial charge in [-0.25, -0.2) is 4.39 Å². The van der Waals surface area contributed by atoms with Crippen LogP contribution in [0, 0.1) is 24.1 Å². The Balaban J connectivity index is 2.21. The molecule has 0 saturated carbocycles. The Hall–Kier alpha value is -2.34. The Morgan fingerprint density at radius 1 is 1.16 bits per heavy atom. The number of nitrogens with one attached hydrogen (secondary N) is 1. The summed E-state index contributed by atoms with van der Waals surface area (Å²) in [5, 5.41) is 12.3. The first-order valence-corrected chi connectivity index (χ1v) is 6.13. The quantitative estimate of drug-likeness (QED) is 0.891. The molecule has 2 aromatic rings. The van der Waals surface area contributed by atoms with E-state index in [2.05, 4.69) is 11.4 Å². The van der Waals surface area contributed by atoms with Crippen LogP contribution < -0.4 is 5.32 Å². The van der Waals surface area contributed by atoms with Gasteiger partial charge in [0, 0.05) is 11.7 Å². The van der Waals surface area contributed by atoms with Gasteiger partial charge in [-0.15, -0.1) is 0 Å². The lowest BCUT2D eigenvalue weighted by Gasteiger charge is -2.17. The third kappa shape index (κ3) is 3.11. The molecule has 96 valence electrons. The van der Waals surface area contributed by atoms with Crippen LogP contribution in [0.4, 0.5) is 10.1 Å². The molecular weight excluding hydrogens is 239 g/mol. The fourth-order valence-electron chi connectivity index (χ4n) is 1.92. The van der Waals surface area contributed by atoms with Crippen LogP contribution in [0.2, 0.25) is 0 Å². The average Bonchev–Trinajstić information content (AvgIpc) is 2.42. The van der Waals surface area contributed by atoms with Gasteiger partial charge in [0.2, 0.25) is 0 Å². The van der Waals surface area contributed by atoms with Crippen LogP contribution in [0.15, 0.2) is 42.5 Å². The molecular formula is C16H15FN2. The second-order valence-electron chi connectivity index (χ2n) is 4.56. The van der Waals surface area contributed by atoms with E-state index in [4.69, 9.17) is 5.26 Å². The molecule has 3 heteroatoms. The molecule has 0 aliphatic rings. The van der Waals surface area contributed by atoms with Crippen molar-refractivity contribution >= 4 is 5.69 Å². The monoisotopic (exact) mass is 254 g/mol. The van der Waals surface area contributed by atoms with Crippen LogP contribution in [0.25, 0.3) is 0 Å². The standard InChI is InChI=1S/C16H15FN2/c1-11-3-4-13(10-18)9-16(11)19-12(2)14-5-7-15(17)8-6-14/h3-9,12,19H,1-2H3. The number of halogens is 1. The number of rotatable bonds is 3. The molecule has 0 aromatic heterocycles. The van der Waals surface area contributed by atoms with E-state index in [0.717, 1.165) is 16.8 Å². The van der Waals surface area contributed by atoms with Crippen molar-refractivity contribution in [3.63, 3.8) is 0 Å². The lowest BCUT2D eigenvalue weighted by atomic mass is 10.1. The summed E-state index contributed by atoms with van der Waals surface area (Å²) in [4.78, 5) is 0. The molecule has 0 bridgehead atoms. The second-order valence-corrected chi connectivity index (χ2v) is 4.56. The Labute approximate surface area is 112 Å². The number of benzene rings is 2. The maximum Gasteiger partial charge on any atom is 0.123 e. The minimum Gasteiger partial charge on any atom is -0.378 e. The highest BCUT2D eigenvalue weighted by atomic mass is 19.1. The molecule has 0 spiro atoms. The number of aryl methyl sites for hydroxylation is 1. The lowest BCUT2D eigenvalue weighted by molar-refractivity contribution is 0.626. The molecule has 1 atom stereocenters. The largest absolute Gasteiger partial charge is 0.378 e. The number of nitriles is 1. The zero-order chi connectivity index (χ0) is 13.8. The molecule has 1 unspecified atom stereocenters. The highest BCUT2D eigenvalue weighted by molar-refractivity contribution is 5.56. The van der Waals surface area contributed by atoms with Gasteiger partial charge in [-0.05, 0) is 49.2 Å². The third-order valence-electron chi connectivity index (χ3n) is 3.11. The van der Waals surface area contributed by atoms with Crippen molar-refractivity contribution in [1.82, 2.24) is 0 Å². The van der Waals surface area contributed by atoms with E-state index in [9.17, 15) is 4.39 Å². The minimum atomic E-state index is -0.237. The molecule has 0 fully saturated rings. The summed E-state index contributed by atoms with van der Waals surface area (Å²) in [5.74, 6) is -0.237. The van der Waals surface area contributed by atoms with Gasteiger partial charge >= 0.3 is 0 Å². The van der Waals surface area contributed by atoms with Crippen LogP contribution in [-0.4, -0.2) is 0 Å². The number of anilines is 1. The van der Waals surface area contributed by atoms with Crippen molar-refractivity contribution < 1.29 is 4.39 Å². The molecule has 1 N–H and O–H groups in total. The van der Waals surface area contributed by atoms with Gasteiger partial charge in [-0.3, -0.25) is 0 Å². The van der Waals surface area contributed by atoms with Crippen LogP contribution in [0.1, 0.15) is 29.7 Å². The zero-order valence-corrected chi connectivity index (χ0v) is 10.9. The summed E-state index contributed by atoms with van der Waals surface area (Å²) in [6, 6.07) is 14.1. The van der Waals surface area contributed by atoms with Crippen molar-refractivity contribution in [1.29, 1.82) is 5.26 Å². The van der Waals surface area contributed by atoms with Crippen LogP contribution >= 0.6 is 0 Å². The van der Waals surface area contributed by atoms with Crippen LogP contribution in [0.5, 0.6) is 0 Å². The van der Waals surface area contributed by atoms with E-state index in [0.29, 0.717) is 5.56 Å². The van der Waals surface area contributed by atoms with Crippen LogP contribution in [0.3, 0.4) is 0 Å². The minimum absolute atomic E-state index is 0.0493. The first-order chi connectivity index (χ1) is 9.10. The SMILES string of the molecule is Cc1ccc(C#N)cc1NC(C)c1ccc(F)cc1. The summed E-state index contributed by atoms with van der Waals surface area (Å²) in [6.07, 6.45) is 0. The molecule has 2 rings (SSSR count). The highest BCUT2D eigenvalue weighted by Crippen LogP contribution is 2.23. The lowest BCUT2D eigenvalue weighted by Crippen LogP contribution is -2.07. The molecule has 0 aliphatic carbocycles. The maximum atomic E-state index is 12.9. The van der Waals surface area contributed by atoms with Crippen LogP contribution in [-0.2, 0) is 0 Å². The van der Waals surface area contributed by atoms with Crippen molar-refractivity contribution in [3.8, 4) is 6.07 Å². The molecule has 0 saturated heterocycles. The number of hydrogen-bond donors (Lipinski definition) is 1. The molecule has 2 nitrogen and oxygen atoms in total.